The Hall–Kier alpha value is -2.18. The number of carbonyl (C=O) groups is 1. The van der Waals surface area contributed by atoms with Gasteiger partial charge in [-0.1, -0.05) is 52.5 Å². The maximum atomic E-state index is 11.8. The summed E-state index contributed by atoms with van der Waals surface area (Å²) in [6.45, 7) is -0.279. The number of ether oxygens (including phenoxy) is 1. The third-order valence-electron chi connectivity index (χ3n) is 3.48. The zero-order chi connectivity index (χ0) is 20.1. The number of furan rings is 1. The Morgan fingerprint density at radius 3 is 2.71 bits per heavy atom. The van der Waals surface area contributed by atoms with Gasteiger partial charge < -0.3 is 9.15 Å². The molecule has 0 saturated carbocycles. The van der Waals surface area contributed by atoms with Gasteiger partial charge in [0.2, 0.25) is 0 Å². The summed E-state index contributed by atoms with van der Waals surface area (Å²) < 4.78 is 11.0. The van der Waals surface area contributed by atoms with Crippen molar-refractivity contribution in [3.63, 3.8) is 0 Å². The molecule has 1 heterocycles. The predicted molar refractivity (Wildman–Crippen MR) is 112 cm³/mol. The van der Waals surface area contributed by atoms with Crippen LogP contribution >= 0.6 is 46.4 Å². The molecule has 3 rings (SSSR count). The van der Waals surface area contributed by atoms with E-state index >= 15 is 0 Å². The van der Waals surface area contributed by atoms with Crippen molar-refractivity contribution in [2.24, 2.45) is 5.10 Å². The maximum absolute atomic E-state index is 11.8. The second-order valence-electron chi connectivity index (χ2n) is 5.46. The Morgan fingerprint density at radius 1 is 1.07 bits per heavy atom. The number of nitrogens with zero attached hydrogens (tertiary/aromatic N) is 1. The Bertz CT molecular complexity index is 1030. The van der Waals surface area contributed by atoms with E-state index in [0.29, 0.717) is 42.9 Å². The molecule has 0 aliphatic rings. The first-order chi connectivity index (χ1) is 13.4. The molecule has 28 heavy (non-hydrogen) atoms. The van der Waals surface area contributed by atoms with E-state index in [0.717, 1.165) is 0 Å². The third-order valence-corrected chi connectivity index (χ3v) is 4.84. The van der Waals surface area contributed by atoms with Crippen molar-refractivity contribution >= 4 is 58.5 Å². The molecule has 0 bridgehead atoms. The van der Waals surface area contributed by atoms with Gasteiger partial charge in [0, 0.05) is 16.7 Å². The first kappa shape index (κ1) is 20.6. The van der Waals surface area contributed by atoms with Crippen molar-refractivity contribution in [3.8, 4) is 17.1 Å². The number of carbonyl (C=O) groups excluding carboxylic acids is 1. The summed E-state index contributed by atoms with van der Waals surface area (Å²) in [6.07, 6.45) is 1.35. The van der Waals surface area contributed by atoms with Crippen LogP contribution in [0.2, 0.25) is 20.1 Å². The van der Waals surface area contributed by atoms with E-state index in [9.17, 15) is 4.79 Å². The Morgan fingerprint density at radius 2 is 1.89 bits per heavy atom. The molecule has 0 spiro atoms. The summed E-state index contributed by atoms with van der Waals surface area (Å²) in [6, 6.07) is 13.4. The largest absolute Gasteiger partial charge is 0.482 e. The molecule has 5 nitrogen and oxygen atoms in total. The van der Waals surface area contributed by atoms with Crippen LogP contribution in [0.5, 0.6) is 5.75 Å². The van der Waals surface area contributed by atoms with Crippen molar-refractivity contribution in [1.82, 2.24) is 5.43 Å². The first-order valence-electron chi connectivity index (χ1n) is 7.88. The van der Waals surface area contributed by atoms with Crippen LogP contribution in [0.4, 0.5) is 0 Å². The van der Waals surface area contributed by atoms with E-state index in [1.165, 1.54) is 12.3 Å². The van der Waals surface area contributed by atoms with Crippen LogP contribution in [-0.2, 0) is 4.79 Å². The number of hydrogen-bond donors (Lipinski definition) is 1. The minimum absolute atomic E-state index is 0.279. The normalized spacial score (nSPS) is 11.0. The Labute approximate surface area is 180 Å². The molecule has 0 saturated heterocycles. The second kappa shape index (κ2) is 9.34. The van der Waals surface area contributed by atoms with E-state index in [1.807, 2.05) is 0 Å². The average molecular weight is 458 g/mol. The lowest BCUT2D eigenvalue weighted by Gasteiger charge is -2.07. The van der Waals surface area contributed by atoms with Gasteiger partial charge >= 0.3 is 0 Å². The van der Waals surface area contributed by atoms with Crippen LogP contribution in [0.1, 0.15) is 5.76 Å². The summed E-state index contributed by atoms with van der Waals surface area (Å²) >= 11 is 24.0. The zero-order valence-corrected chi connectivity index (χ0v) is 17.1. The highest BCUT2D eigenvalue weighted by Crippen LogP contribution is 2.34. The summed E-state index contributed by atoms with van der Waals surface area (Å²) in [5, 5.41) is 5.45. The smallest absolute Gasteiger partial charge is 0.277 e. The molecular weight excluding hydrogens is 446 g/mol. The molecule has 1 amide bonds. The number of hydrazone groups is 1. The summed E-state index contributed by atoms with van der Waals surface area (Å²) in [5.74, 6) is 0.781. The van der Waals surface area contributed by atoms with Crippen molar-refractivity contribution < 1.29 is 13.9 Å². The average Bonchev–Trinajstić information content (AvgIpc) is 3.13. The molecule has 0 radical (unpaired) electrons. The molecule has 144 valence electrons. The van der Waals surface area contributed by atoms with Gasteiger partial charge in [-0.3, -0.25) is 4.79 Å². The van der Waals surface area contributed by atoms with E-state index < -0.39 is 5.91 Å². The standard InChI is InChI=1S/C19H12Cl4N2O3/c20-11-4-6-14(21)17(8-11)27-10-18(26)25-24-9-12-5-7-16(28-12)13-2-1-3-15(22)19(13)23/h1-9H,10H2,(H,25,26)/b24-9+. The molecule has 0 atom stereocenters. The monoisotopic (exact) mass is 456 g/mol. The number of nitrogens with one attached hydrogen (secondary N) is 1. The van der Waals surface area contributed by atoms with Gasteiger partial charge in [-0.05, 0) is 36.4 Å². The van der Waals surface area contributed by atoms with Crippen molar-refractivity contribution in [2.45, 2.75) is 0 Å². The number of halogens is 4. The highest BCUT2D eigenvalue weighted by atomic mass is 35.5. The second-order valence-corrected chi connectivity index (χ2v) is 7.09. The fourth-order valence-corrected chi connectivity index (χ4v) is 2.92. The van der Waals surface area contributed by atoms with E-state index in [1.54, 1.807) is 42.5 Å². The molecule has 3 aromatic rings. The summed E-state index contributed by atoms with van der Waals surface area (Å²) in [5.41, 5.74) is 2.98. The highest BCUT2D eigenvalue weighted by Gasteiger charge is 2.10. The van der Waals surface area contributed by atoms with Crippen LogP contribution in [-0.4, -0.2) is 18.7 Å². The van der Waals surface area contributed by atoms with Crippen LogP contribution < -0.4 is 10.2 Å². The fourth-order valence-electron chi connectivity index (χ4n) is 2.19. The van der Waals surface area contributed by atoms with Gasteiger partial charge in [0.05, 0.1) is 21.3 Å². The van der Waals surface area contributed by atoms with E-state index in [4.69, 9.17) is 55.6 Å². The Kier molecular flexibility index (Phi) is 6.86. The van der Waals surface area contributed by atoms with Gasteiger partial charge in [-0.2, -0.15) is 5.10 Å². The van der Waals surface area contributed by atoms with E-state index in [2.05, 4.69) is 10.5 Å². The Balaban J connectivity index is 1.56. The lowest BCUT2D eigenvalue weighted by Crippen LogP contribution is -2.24. The first-order valence-corrected chi connectivity index (χ1v) is 9.39. The highest BCUT2D eigenvalue weighted by molar-refractivity contribution is 6.43. The summed E-state index contributed by atoms with van der Waals surface area (Å²) in [7, 11) is 0. The lowest BCUT2D eigenvalue weighted by atomic mass is 10.2. The molecule has 1 N–H and O–H groups in total. The van der Waals surface area contributed by atoms with E-state index in [-0.39, 0.29) is 6.61 Å². The number of benzene rings is 2. The number of rotatable bonds is 6. The quantitative estimate of drug-likeness (QED) is 0.359. The summed E-state index contributed by atoms with van der Waals surface area (Å²) in [4.78, 5) is 11.8. The predicted octanol–water partition coefficient (Wildman–Crippen LogP) is 6.09. The zero-order valence-electron chi connectivity index (χ0n) is 14.1. The van der Waals surface area contributed by atoms with Crippen LogP contribution in [0, 0.1) is 0 Å². The third kappa shape index (κ3) is 5.20. The van der Waals surface area contributed by atoms with Gasteiger partial charge in [0.25, 0.3) is 5.91 Å². The topological polar surface area (TPSA) is 63.8 Å². The van der Waals surface area contributed by atoms with Crippen LogP contribution in [0.3, 0.4) is 0 Å². The number of amides is 1. The van der Waals surface area contributed by atoms with Crippen molar-refractivity contribution in [2.75, 3.05) is 6.61 Å². The van der Waals surface area contributed by atoms with Gasteiger partial charge in [0.1, 0.15) is 17.3 Å². The molecule has 0 aliphatic carbocycles. The minimum Gasteiger partial charge on any atom is -0.482 e. The molecular formula is C19H12Cl4N2O3. The van der Waals surface area contributed by atoms with Crippen molar-refractivity contribution in [1.29, 1.82) is 0 Å². The minimum atomic E-state index is -0.475. The molecule has 0 unspecified atom stereocenters. The fraction of sp³-hybridized carbons (Fsp3) is 0.0526. The van der Waals surface area contributed by atoms with Gasteiger partial charge in [-0.15, -0.1) is 0 Å². The SMILES string of the molecule is O=C(COc1cc(Cl)ccc1Cl)N/N=C/c1ccc(-c2cccc(Cl)c2Cl)o1. The maximum Gasteiger partial charge on any atom is 0.277 e. The van der Waals surface area contributed by atoms with Gasteiger partial charge in [-0.25, -0.2) is 5.43 Å². The number of hydrogen-bond acceptors (Lipinski definition) is 4. The molecule has 0 aliphatic heterocycles. The van der Waals surface area contributed by atoms with Crippen LogP contribution in [0.15, 0.2) is 58.0 Å². The lowest BCUT2D eigenvalue weighted by molar-refractivity contribution is -0.123. The van der Waals surface area contributed by atoms with Crippen LogP contribution in [0.25, 0.3) is 11.3 Å². The van der Waals surface area contributed by atoms with Crippen molar-refractivity contribution in [3.05, 3.63) is 74.4 Å². The molecule has 0 fully saturated rings. The van der Waals surface area contributed by atoms with Gasteiger partial charge in [0.15, 0.2) is 6.61 Å². The molecule has 2 aromatic carbocycles. The molecule has 9 heteroatoms. The molecule has 1 aromatic heterocycles.